The fraction of sp³-hybridized carbons (Fsp3) is 0.667. The number of sulfone groups is 2. The van der Waals surface area contributed by atoms with Crippen LogP contribution in [0.2, 0.25) is 0 Å². The average molecular weight is 351 g/mol. The van der Waals surface area contributed by atoms with E-state index in [9.17, 15) is 16.8 Å². The van der Waals surface area contributed by atoms with Crippen molar-refractivity contribution in [2.24, 2.45) is 0 Å². The van der Waals surface area contributed by atoms with Gasteiger partial charge in [0.25, 0.3) is 0 Å². The maximum absolute atomic E-state index is 12.7. The maximum Gasteiger partial charge on any atom is 0.193 e. The molecule has 21 heavy (non-hydrogen) atoms. The fourth-order valence-electron chi connectivity index (χ4n) is 2.92. The van der Waals surface area contributed by atoms with Crippen molar-refractivity contribution < 1.29 is 21.6 Å². The average Bonchev–Trinajstić information content (AvgIpc) is 3.07. The molecule has 0 bridgehead atoms. The molecule has 1 aromatic heterocycles. The largest absolute Gasteiger partial charge is 0.379 e. The minimum Gasteiger partial charge on any atom is -0.379 e. The molecule has 3 rings (SSSR count). The van der Waals surface area contributed by atoms with Crippen LogP contribution in [0, 0.1) is 0 Å². The van der Waals surface area contributed by atoms with Gasteiger partial charge in [-0.25, -0.2) is 16.8 Å². The quantitative estimate of drug-likeness (QED) is 0.764. The lowest BCUT2D eigenvalue weighted by molar-refractivity contribution is 0.0222. The first-order chi connectivity index (χ1) is 9.90. The minimum atomic E-state index is -3.61. The number of nitrogens with zero attached hydrogens (tertiary/aromatic N) is 1. The van der Waals surface area contributed by atoms with Crippen LogP contribution in [0.4, 0.5) is 0 Å². The van der Waals surface area contributed by atoms with E-state index >= 15 is 0 Å². The molecule has 1 aromatic rings. The summed E-state index contributed by atoms with van der Waals surface area (Å²) in [7, 11) is -6.93. The molecule has 0 radical (unpaired) electrons. The SMILES string of the molecule is O=S1(=O)C[C@H](N2CCOCC2)[C@@H](S(=O)(=O)c2cccs2)C1. The van der Waals surface area contributed by atoms with Crippen LogP contribution in [0.5, 0.6) is 0 Å². The van der Waals surface area contributed by atoms with E-state index in [2.05, 4.69) is 0 Å². The Morgan fingerprint density at radius 1 is 1.24 bits per heavy atom. The van der Waals surface area contributed by atoms with Gasteiger partial charge in [0.15, 0.2) is 19.7 Å². The van der Waals surface area contributed by atoms with Crippen molar-refractivity contribution in [2.75, 3.05) is 37.8 Å². The molecule has 3 heterocycles. The highest BCUT2D eigenvalue weighted by atomic mass is 32.2. The van der Waals surface area contributed by atoms with Crippen LogP contribution in [0.15, 0.2) is 21.7 Å². The smallest absolute Gasteiger partial charge is 0.193 e. The van der Waals surface area contributed by atoms with Gasteiger partial charge >= 0.3 is 0 Å². The maximum atomic E-state index is 12.7. The molecular formula is C12H17NO5S3. The lowest BCUT2D eigenvalue weighted by Crippen LogP contribution is -2.50. The highest BCUT2D eigenvalue weighted by molar-refractivity contribution is 7.97. The van der Waals surface area contributed by atoms with E-state index in [0.717, 1.165) is 11.3 Å². The molecule has 0 aromatic carbocycles. The van der Waals surface area contributed by atoms with E-state index < -0.39 is 31.0 Å². The van der Waals surface area contributed by atoms with Crippen LogP contribution in [0.1, 0.15) is 0 Å². The molecule has 0 unspecified atom stereocenters. The summed E-state index contributed by atoms with van der Waals surface area (Å²) in [6.45, 7) is 2.19. The van der Waals surface area contributed by atoms with Crippen molar-refractivity contribution in [2.45, 2.75) is 15.5 Å². The second-order valence-electron chi connectivity index (χ2n) is 5.31. The van der Waals surface area contributed by atoms with E-state index in [1.807, 2.05) is 4.90 Å². The second-order valence-corrected chi connectivity index (χ2v) is 10.8. The van der Waals surface area contributed by atoms with Crippen LogP contribution in [-0.4, -0.2) is 70.8 Å². The lowest BCUT2D eigenvalue weighted by Gasteiger charge is -2.34. The summed E-state index contributed by atoms with van der Waals surface area (Å²) in [5.74, 6) is -0.364. The number of ether oxygens (including phenoxy) is 1. The van der Waals surface area contributed by atoms with Crippen LogP contribution in [0.3, 0.4) is 0 Å². The lowest BCUT2D eigenvalue weighted by atomic mass is 10.2. The summed E-state index contributed by atoms with van der Waals surface area (Å²) < 4.78 is 55.0. The first-order valence-electron chi connectivity index (χ1n) is 6.70. The highest BCUT2D eigenvalue weighted by Gasteiger charge is 2.48. The van der Waals surface area contributed by atoms with Gasteiger partial charge in [-0.1, -0.05) is 6.07 Å². The van der Waals surface area contributed by atoms with Gasteiger partial charge in [-0.05, 0) is 11.4 Å². The Morgan fingerprint density at radius 3 is 2.57 bits per heavy atom. The van der Waals surface area contributed by atoms with Gasteiger partial charge in [0.05, 0.1) is 30.0 Å². The molecule has 2 saturated heterocycles. The standard InChI is InChI=1S/C12H17NO5S3/c14-20(15)8-10(13-3-5-18-6-4-13)11(9-20)21(16,17)12-2-1-7-19-12/h1-2,7,10-11H,3-6,8-9H2/t10-,11-/m0/s1. The van der Waals surface area contributed by atoms with E-state index in [4.69, 9.17) is 4.74 Å². The Morgan fingerprint density at radius 2 is 1.95 bits per heavy atom. The van der Waals surface area contributed by atoms with E-state index in [-0.39, 0.29) is 15.7 Å². The molecule has 2 atom stereocenters. The summed E-state index contributed by atoms with van der Waals surface area (Å²) >= 11 is 1.14. The van der Waals surface area contributed by atoms with E-state index in [1.54, 1.807) is 17.5 Å². The van der Waals surface area contributed by atoms with Crippen molar-refractivity contribution in [1.82, 2.24) is 4.90 Å². The van der Waals surface area contributed by atoms with Gasteiger partial charge < -0.3 is 4.74 Å². The Hall–Kier alpha value is -0.480. The Kier molecular flexibility index (Phi) is 4.12. The summed E-state index contributed by atoms with van der Waals surface area (Å²) in [6, 6.07) is 2.75. The molecule has 0 aliphatic carbocycles. The van der Waals surface area contributed by atoms with E-state index in [1.165, 1.54) is 0 Å². The van der Waals surface area contributed by atoms with Gasteiger partial charge in [-0.3, -0.25) is 4.90 Å². The topological polar surface area (TPSA) is 80.8 Å². The first kappa shape index (κ1) is 15.4. The number of rotatable bonds is 3. The molecule has 0 amide bonds. The van der Waals surface area contributed by atoms with Gasteiger partial charge in [-0.2, -0.15) is 0 Å². The van der Waals surface area contributed by atoms with Crippen LogP contribution >= 0.6 is 11.3 Å². The van der Waals surface area contributed by atoms with Crippen molar-refractivity contribution in [3.63, 3.8) is 0 Å². The number of thiophene rings is 1. The van der Waals surface area contributed by atoms with Crippen molar-refractivity contribution in [3.05, 3.63) is 17.5 Å². The molecule has 2 aliphatic rings. The predicted molar refractivity (Wildman–Crippen MR) is 80.1 cm³/mol. The van der Waals surface area contributed by atoms with Crippen molar-refractivity contribution in [3.8, 4) is 0 Å². The van der Waals surface area contributed by atoms with Crippen LogP contribution < -0.4 is 0 Å². The predicted octanol–water partition coefficient (Wildman–Crippen LogP) is 0.0196. The summed E-state index contributed by atoms with van der Waals surface area (Å²) in [4.78, 5) is 1.95. The van der Waals surface area contributed by atoms with Crippen molar-refractivity contribution in [1.29, 1.82) is 0 Å². The van der Waals surface area contributed by atoms with Gasteiger partial charge in [0.1, 0.15) is 4.21 Å². The van der Waals surface area contributed by atoms with Crippen LogP contribution in [-0.2, 0) is 24.4 Å². The number of hydrogen-bond acceptors (Lipinski definition) is 7. The molecular weight excluding hydrogens is 334 g/mol. The molecule has 0 spiro atoms. The molecule has 0 N–H and O–H groups in total. The third-order valence-corrected chi connectivity index (χ3v) is 9.51. The van der Waals surface area contributed by atoms with Gasteiger partial charge in [0, 0.05) is 19.1 Å². The first-order valence-corrected chi connectivity index (χ1v) is 10.9. The number of hydrogen-bond donors (Lipinski definition) is 0. The Balaban J connectivity index is 1.94. The summed E-state index contributed by atoms with van der Waals surface area (Å²) in [5.41, 5.74) is 0. The fourth-order valence-corrected chi connectivity index (χ4v) is 8.97. The normalized spacial score (nSPS) is 30.5. The van der Waals surface area contributed by atoms with Crippen LogP contribution in [0.25, 0.3) is 0 Å². The molecule has 9 heteroatoms. The zero-order valence-corrected chi connectivity index (χ0v) is 13.8. The molecule has 2 fully saturated rings. The zero-order valence-electron chi connectivity index (χ0n) is 11.3. The monoisotopic (exact) mass is 351 g/mol. The van der Waals surface area contributed by atoms with E-state index in [0.29, 0.717) is 26.3 Å². The third kappa shape index (κ3) is 3.02. The number of morpholine rings is 1. The second kappa shape index (κ2) is 5.62. The summed E-state index contributed by atoms with van der Waals surface area (Å²) in [5, 5.41) is 0.819. The Labute approximate surface area is 128 Å². The van der Waals surface area contributed by atoms with Gasteiger partial charge in [-0.15, -0.1) is 11.3 Å². The zero-order chi connectivity index (χ0) is 15.1. The summed E-state index contributed by atoms with van der Waals surface area (Å²) in [6.07, 6.45) is 0. The third-order valence-electron chi connectivity index (χ3n) is 3.96. The molecule has 0 saturated carbocycles. The Bertz CT molecular complexity index is 689. The molecule has 118 valence electrons. The molecule has 6 nitrogen and oxygen atoms in total. The minimum absolute atomic E-state index is 0.0811. The van der Waals surface area contributed by atoms with Crippen molar-refractivity contribution >= 4 is 31.0 Å². The highest BCUT2D eigenvalue weighted by Crippen LogP contribution is 2.31. The molecule has 2 aliphatic heterocycles. The van der Waals surface area contributed by atoms with Gasteiger partial charge in [0.2, 0.25) is 0 Å².